The summed E-state index contributed by atoms with van der Waals surface area (Å²) in [4.78, 5) is 27.6. The maximum atomic E-state index is 13.1. The minimum absolute atomic E-state index is 0.0190. The molecule has 0 unspecified atom stereocenters. The Morgan fingerprint density at radius 1 is 1.25 bits per heavy atom. The molecule has 6 nitrogen and oxygen atoms in total. The third kappa shape index (κ3) is 4.14. The van der Waals surface area contributed by atoms with Gasteiger partial charge in [0.2, 0.25) is 0 Å². The summed E-state index contributed by atoms with van der Waals surface area (Å²) in [5, 5.41) is 3.41. The molecular formula is C18H23N5O. The van der Waals surface area contributed by atoms with Crippen LogP contribution in [0.3, 0.4) is 0 Å². The first-order valence-corrected chi connectivity index (χ1v) is 8.43. The van der Waals surface area contributed by atoms with E-state index in [1.807, 2.05) is 24.0 Å². The summed E-state index contributed by atoms with van der Waals surface area (Å²) in [6.45, 7) is 4.36. The molecule has 1 atom stereocenters. The number of pyridine rings is 1. The summed E-state index contributed by atoms with van der Waals surface area (Å²) < 4.78 is 0. The first kappa shape index (κ1) is 16.5. The monoisotopic (exact) mass is 325 g/mol. The fourth-order valence-corrected chi connectivity index (χ4v) is 3.10. The van der Waals surface area contributed by atoms with Gasteiger partial charge in [0.25, 0.3) is 5.91 Å². The molecule has 3 heterocycles. The van der Waals surface area contributed by atoms with Crippen molar-refractivity contribution in [2.75, 3.05) is 13.1 Å². The van der Waals surface area contributed by atoms with Crippen LogP contribution in [0.4, 0.5) is 0 Å². The summed E-state index contributed by atoms with van der Waals surface area (Å²) in [7, 11) is 0. The van der Waals surface area contributed by atoms with Crippen LogP contribution in [0.15, 0.2) is 36.9 Å². The number of amides is 1. The Morgan fingerprint density at radius 3 is 2.88 bits per heavy atom. The maximum Gasteiger partial charge on any atom is 0.273 e. The molecule has 126 valence electrons. The van der Waals surface area contributed by atoms with E-state index < -0.39 is 0 Å². The number of carbonyl (C=O) groups excluding carboxylic acids is 1. The molecule has 0 radical (unpaired) electrons. The predicted octanol–water partition coefficient (Wildman–Crippen LogP) is 1.96. The lowest BCUT2D eigenvalue weighted by Gasteiger charge is -2.31. The third-order valence-electron chi connectivity index (χ3n) is 4.32. The second kappa shape index (κ2) is 7.97. The molecule has 24 heavy (non-hydrogen) atoms. The van der Waals surface area contributed by atoms with E-state index in [1.165, 1.54) is 6.33 Å². The second-order valence-corrected chi connectivity index (χ2v) is 6.18. The van der Waals surface area contributed by atoms with E-state index in [4.69, 9.17) is 0 Å². The van der Waals surface area contributed by atoms with E-state index >= 15 is 0 Å². The topological polar surface area (TPSA) is 71.0 Å². The van der Waals surface area contributed by atoms with E-state index in [0.717, 1.165) is 43.6 Å². The van der Waals surface area contributed by atoms with Crippen LogP contribution < -0.4 is 5.32 Å². The summed E-state index contributed by atoms with van der Waals surface area (Å²) in [5.41, 5.74) is 2.30. The highest BCUT2D eigenvalue weighted by Crippen LogP contribution is 2.19. The Balaban J connectivity index is 1.86. The molecule has 1 saturated heterocycles. The van der Waals surface area contributed by atoms with Gasteiger partial charge in [0, 0.05) is 36.2 Å². The van der Waals surface area contributed by atoms with Gasteiger partial charge < -0.3 is 10.2 Å². The largest absolute Gasteiger partial charge is 0.330 e. The van der Waals surface area contributed by atoms with E-state index in [2.05, 4.69) is 20.3 Å². The number of hydrogen-bond acceptors (Lipinski definition) is 5. The van der Waals surface area contributed by atoms with Gasteiger partial charge in [-0.3, -0.25) is 4.79 Å². The smallest absolute Gasteiger partial charge is 0.273 e. The van der Waals surface area contributed by atoms with Crippen LogP contribution in [0.25, 0.3) is 0 Å². The van der Waals surface area contributed by atoms with Gasteiger partial charge in [0.05, 0.1) is 0 Å². The van der Waals surface area contributed by atoms with Crippen molar-refractivity contribution in [3.8, 4) is 0 Å². The Bertz CT molecular complexity index is 668. The Kier molecular flexibility index (Phi) is 5.48. The van der Waals surface area contributed by atoms with Crippen molar-refractivity contribution in [2.24, 2.45) is 0 Å². The van der Waals surface area contributed by atoms with Crippen molar-refractivity contribution in [2.45, 2.75) is 38.8 Å². The highest BCUT2D eigenvalue weighted by Gasteiger charge is 2.26. The van der Waals surface area contributed by atoms with Crippen LogP contribution in [0.1, 0.15) is 41.0 Å². The van der Waals surface area contributed by atoms with Crippen molar-refractivity contribution in [3.05, 3.63) is 53.9 Å². The second-order valence-electron chi connectivity index (χ2n) is 6.18. The van der Waals surface area contributed by atoms with Gasteiger partial charge in [-0.1, -0.05) is 6.07 Å². The molecule has 1 amide bonds. The number of carbonyl (C=O) groups is 1. The molecule has 1 N–H and O–H groups in total. The Hall–Kier alpha value is -2.34. The van der Waals surface area contributed by atoms with Gasteiger partial charge in [-0.25, -0.2) is 15.0 Å². The zero-order valence-electron chi connectivity index (χ0n) is 14.0. The molecule has 0 saturated carbocycles. The normalized spacial score (nSPS) is 18.0. The van der Waals surface area contributed by atoms with E-state index in [1.54, 1.807) is 18.5 Å². The van der Waals surface area contributed by atoms with E-state index in [-0.39, 0.29) is 11.9 Å². The third-order valence-corrected chi connectivity index (χ3v) is 4.32. The van der Waals surface area contributed by atoms with Gasteiger partial charge in [0.1, 0.15) is 12.0 Å². The number of nitrogens with one attached hydrogen (secondary N) is 1. The molecule has 0 spiro atoms. The standard InChI is InChI=1S/C18H23N5O/c1-14-4-2-6-17(22-14)18(24)23(12-15-10-20-13-21-11-15)16-5-3-8-19-9-7-16/h2,4,6,10-11,13,16,19H,3,5,7-9,12H2,1H3/t16-/m0/s1. The van der Waals surface area contributed by atoms with Crippen LogP contribution in [-0.4, -0.2) is 44.9 Å². The molecule has 0 aliphatic carbocycles. The van der Waals surface area contributed by atoms with E-state index in [0.29, 0.717) is 12.2 Å². The van der Waals surface area contributed by atoms with Crippen molar-refractivity contribution in [1.29, 1.82) is 0 Å². The molecule has 1 aliphatic rings. The highest BCUT2D eigenvalue weighted by atomic mass is 16.2. The summed E-state index contributed by atoms with van der Waals surface area (Å²) in [6, 6.07) is 5.78. The molecule has 1 aliphatic heterocycles. The molecule has 2 aromatic rings. The molecule has 0 bridgehead atoms. The van der Waals surface area contributed by atoms with Crippen molar-refractivity contribution < 1.29 is 4.79 Å². The minimum atomic E-state index is -0.0190. The van der Waals surface area contributed by atoms with Crippen LogP contribution in [0, 0.1) is 6.92 Å². The average Bonchev–Trinajstić information content (AvgIpc) is 2.89. The number of rotatable bonds is 4. The lowest BCUT2D eigenvalue weighted by atomic mass is 10.1. The summed E-state index contributed by atoms with van der Waals surface area (Å²) in [5.74, 6) is -0.0190. The first-order chi connectivity index (χ1) is 11.7. The first-order valence-electron chi connectivity index (χ1n) is 8.43. The zero-order valence-corrected chi connectivity index (χ0v) is 14.0. The molecule has 2 aromatic heterocycles. The van der Waals surface area contributed by atoms with Crippen molar-refractivity contribution in [1.82, 2.24) is 25.2 Å². The zero-order chi connectivity index (χ0) is 16.8. The van der Waals surface area contributed by atoms with Gasteiger partial charge >= 0.3 is 0 Å². The number of hydrogen-bond donors (Lipinski definition) is 1. The molecule has 1 fully saturated rings. The van der Waals surface area contributed by atoms with Crippen molar-refractivity contribution in [3.63, 3.8) is 0 Å². The highest BCUT2D eigenvalue weighted by molar-refractivity contribution is 5.92. The fraction of sp³-hybridized carbons (Fsp3) is 0.444. The van der Waals surface area contributed by atoms with Crippen molar-refractivity contribution >= 4 is 5.91 Å². The molecular weight excluding hydrogens is 302 g/mol. The van der Waals surface area contributed by atoms with Gasteiger partial charge in [-0.15, -0.1) is 0 Å². The van der Waals surface area contributed by atoms with Gasteiger partial charge in [-0.2, -0.15) is 0 Å². The summed E-state index contributed by atoms with van der Waals surface area (Å²) in [6.07, 6.45) is 8.07. The van der Waals surface area contributed by atoms with Gasteiger partial charge in [-0.05, 0) is 51.4 Å². The number of aryl methyl sites for hydroxylation is 1. The lowest BCUT2D eigenvalue weighted by Crippen LogP contribution is -2.40. The van der Waals surface area contributed by atoms with Crippen LogP contribution in [-0.2, 0) is 6.54 Å². The molecule has 0 aromatic carbocycles. The fourth-order valence-electron chi connectivity index (χ4n) is 3.10. The van der Waals surface area contributed by atoms with Crippen LogP contribution in [0.2, 0.25) is 0 Å². The minimum Gasteiger partial charge on any atom is -0.330 e. The number of aromatic nitrogens is 3. The van der Waals surface area contributed by atoms with Gasteiger partial charge in [0.15, 0.2) is 0 Å². The Labute approximate surface area is 142 Å². The lowest BCUT2D eigenvalue weighted by molar-refractivity contribution is 0.0638. The van der Waals surface area contributed by atoms with Crippen LogP contribution >= 0.6 is 0 Å². The number of nitrogens with zero attached hydrogens (tertiary/aromatic N) is 4. The quantitative estimate of drug-likeness (QED) is 0.930. The predicted molar refractivity (Wildman–Crippen MR) is 91.4 cm³/mol. The van der Waals surface area contributed by atoms with E-state index in [9.17, 15) is 4.79 Å². The van der Waals surface area contributed by atoms with Crippen LogP contribution in [0.5, 0.6) is 0 Å². The maximum absolute atomic E-state index is 13.1. The SMILES string of the molecule is Cc1cccc(C(=O)N(Cc2cncnc2)[C@H]2CCCNCC2)n1. The molecule has 6 heteroatoms. The summed E-state index contributed by atoms with van der Waals surface area (Å²) >= 11 is 0. The molecule has 3 rings (SSSR count). The average molecular weight is 325 g/mol. The Morgan fingerprint density at radius 2 is 2.08 bits per heavy atom.